The molecule has 0 radical (unpaired) electrons. The van der Waals surface area contributed by atoms with E-state index < -0.39 is 10.0 Å². The molecule has 0 aliphatic heterocycles. The van der Waals surface area contributed by atoms with Crippen LogP contribution in [0.4, 0.5) is 0 Å². The van der Waals surface area contributed by atoms with Crippen LogP contribution in [-0.4, -0.2) is 30.8 Å². The smallest absolute Gasteiger partial charge is 0.244 e. The van der Waals surface area contributed by atoms with E-state index in [-0.39, 0.29) is 16.6 Å². The van der Waals surface area contributed by atoms with E-state index in [1.54, 1.807) is 7.05 Å². The standard InChI is InChI=1S/C14H19N3O2S/c1-11-3-6-13(7-4-11)17(2)20(18,19)14-8-5-12(9-15)16-10-14/h5,8,10-11,13H,3-4,6-7H2,1-2H3. The quantitative estimate of drug-likeness (QED) is 0.856. The molecule has 1 heterocycles. The molecule has 1 aromatic heterocycles. The van der Waals surface area contributed by atoms with E-state index in [0.717, 1.165) is 25.7 Å². The molecule has 1 aromatic rings. The summed E-state index contributed by atoms with van der Waals surface area (Å²) in [6.07, 6.45) is 5.20. The van der Waals surface area contributed by atoms with Crippen molar-refractivity contribution in [1.29, 1.82) is 5.26 Å². The van der Waals surface area contributed by atoms with Crippen LogP contribution in [0.5, 0.6) is 0 Å². The fraction of sp³-hybridized carbons (Fsp3) is 0.571. The summed E-state index contributed by atoms with van der Waals surface area (Å²) in [7, 11) is -1.89. The molecule has 1 aliphatic carbocycles. The van der Waals surface area contributed by atoms with Gasteiger partial charge in [-0.2, -0.15) is 9.57 Å². The van der Waals surface area contributed by atoms with Crippen LogP contribution < -0.4 is 0 Å². The molecule has 20 heavy (non-hydrogen) atoms. The summed E-state index contributed by atoms with van der Waals surface area (Å²) in [6.45, 7) is 2.20. The van der Waals surface area contributed by atoms with Gasteiger partial charge in [-0.1, -0.05) is 6.92 Å². The Morgan fingerprint density at radius 3 is 2.45 bits per heavy atom. The van der Waals surface area contributed by atoms with Gasteiger partial charge in [-0.05, 0) is 43.7 Å². The maximum absolute atomic E-state index is 12.5. The molecule has 0 saturated heterocycles. The molecule has 0 aromatic carbocycles. The van der Waals surface area contributed by atoms with E-state index in [0.29, 0.717) is 5.92 Å². The molecule has 0 unspecified atom stereocenters. The third kappa shape index (κ3) is 3.00. The van der Waals surface area contributed by atoms with Gasteiger partial charge in [-0.3, -0.25) is 0 Å². The minimum atomic E-state index is -3.52. The van der Waals surface area contributed by atoms with Crippen molar-refractivity contribution in [2.75, 3.05) is 7.05 Å². The van der Waals surface area contributed by atoms with E-state index in [1.807, 2.05) is 6.07 Å². The highest BCUT2D eigenvalue weighted by Crippen LogP contribution is 2.29. The first kappa shape index (κ1) is 14.9. The third-order valence-electron chi connectivity index (χ3n) is 4.03. The molecular weight excluding hydrogens is 274 g/mol. The van der Waals surface area contributed by atoms with Crippen molar-refractivity contribution >= 4 is 10.0 Å². The lowest BCUT2D eigenvalue weighted by atomic mass is 9.87. The van der Waals surface area contributed by atoms with Gasteiger partial charge < -0.3 is 0 Å². The third-order valence-corrected chi connectivity index (χ3v) is 5.92. The first-order chi connectivity index (χ1) is 9.45. The Bertz CT molecular complexity index is 596. The number of nitriles is 1. The molecule has 1 saturated carbocycles. The Hall–Kier alpha value is -1.45. The SMILES string of the molecule is CC1CCC(N(C)S(=O)(=O)c2ccc(C#N)nc2)CC1. The second-order valence-corrected chi connectivity index (χ2v) is 7.42. The lowest BCUT2D eigenvalue weighted by molar-refractivity contribution is 0.246. The van der Waals surface area contributed by atoms with Crippen LogP contribution in [0, 0.1) is 17.2 Å². The molecule has 2 rings (SSSR count). The van der Waals surface area contributed by atoms with Gasteiger partial charge in [0.1, 0.15) is 16.7 Å². The summed E-state index contributed by atoms with van der Waals surface area (Å²) in [5.41, 5.74) is 0.220. The Labute approximate surface area is 120 Å². The van der Waals surface area contributed by atoms with Gasteiger partial charge >= 0.3 is 0 Å². The average Bonchev–Trinajstić information content (AvgIpc) is 2.47. The van der Waals surface area contributed by atoms with Crippen molar-refractivity contribution in [3.63, 3.8) is 0 Å². The van der Waals surface area contributed by atoms with Gasteiger partial charge in [-0.15, -0.1) is 0 Å². The molecule has 1 fully saturated rings. The molecule has 5 nitrogen and oxygen atoms in total. The van der Waals surface area contributed by atoms with Crippen molar-refractivity contribution in [2.45, 2.75) is 43.5 Å². The van der Waals surface area contributed by atoms with Crippen LogP contribution >= 0.6 is 0 Å². The zero-order valence-electron chi connectivity index (χ0n) is 11.8. The Kier molecular flexibility index (Phi) is 4.41. The van der Waals surface area contributed by atoms with E-state index in [1.165, 1.54) is 22.6 Å². The van der Waals surface area contributed by atoms with Crippen molar-refractivity contribution in [3.8, 4) is 6.07 Å². The first-order valence-electron chi connectivity index (χ1n) is 6.79. The number of sulfonamides is 1. The van der Waals surface area contributed by atoms with Crippen molar-refractivity contribution < 1.29 is 8.42 Å². The van der Waals surface area contributed by atoms with E-state index in [9.17, 15) is 8.42 Å². The van der Waals surface area contributed by atoms with Crippen LogP contribution in [0.1, 0.15) is 38.3 Å². The molecule has 1 aliphatic rings. The van der Waals surface area contributed by atoms with Gasteiger partial charge in [0.05, 0.1) is 0 Å². The zero-order chi connectivity index (χ0) is 14.8. The zero-order valence-corrected chi connectivity index (χ0v) is 12.6. The largest absolute Gasteiger partial charge is 0.244 e. The predicted molar refractivity (Wildman–Crippen MR) is 75.3 cm³/mol. The number of rotatable bonds is 3. The number of hydrogen-bond acceptors (Lipinski definition) is 4. The molecule has 6 heteroatoms. The Balaban J connectivity index is 2.18. The monoisotopic (exact) mass is 293 g/mol. The van der Waals surface area contributed by atoms with E-state index in [2.05, 4.69) is 11.9 Å². The summed E-state index contributed by atoms with van der Waals surface area (Å²) >= 11 is 0. The molecule has 0 amide bonds. The normalized spacial score (nSPS) is 23.5. The van der Waals surface area contributed by atoms with Crippen LogP contribution in [-0.2, 0) is 10.0 Å². The average molecular weight is 293 g/mol. The number of pyridine rings is 1. The summed E-state index contributed by atoms with van der Waals surface area (Å²) < 4.78 is 26.5. The highest BCUT2D eigenvalue weighted by molar-refractivity contribution is 7.89. The molecule has 0 N–H and O–H groups in total. The van der Waals surface area contributed by atoms with Gasteiger partial charge in [0.2, 0.25) is 10.0 Å². The number of hydrogen-bond donors (Lipinski definition) is 0. The van der Waals surface area contributed by atoms with Crippen LogP contribution in [0.25, 0.3) is 0 Å². The highest BCUT2D eigenvalue weighted by atomic mass is 32.2. The van der Waals surface area contributed by atoms with Crippen LogP contribution in [0.15, 0.2) is 23.2 Å². The fourth-order valence-corrected chi connectivity index (χ4v) is 3.93. The topological polar surface area (TPSA) is 74.1 Å². The number of aromatic nitrogens is 1. The Morgan fingerprint density at radius 1 is 1.30 bits per heavy atom. The number of nitrogens with zero attached hydrogens (tertiary/aromatic N) is 3. The van der Waals surface area contributed by atoms with Gasteiger partial charge in [0.15, 0.2) is 0 Å². The molecule has 0 atom stereocenters. The van der Waals surface area contributed by atoms with Gasteiger partial charge in [0.25, 0.3) is 0 Å². The Morgan fingerprint density at radius 2 is 1.95 bits per heavy atom. The lowest BCUT2D eigenvalue weighted by Crippen LogP contribution is -2.39. The maximum atomic E-state index is 12.5. The maximum Gasteiger partial charge on any atom is 0.244 e. The molecule has 0 spiro atoms. The summed E-state index contributed by atoms with van der Waals surface area (Å²) in [6, 6.07) is 4.83. The second-order valence-electron chi connectivity index (χ2n) is 5.43. The predicted octanol–water partition coefficient (Wildman–Crippen LogP) is 2.15. The van der Waals surface area contributed by atoms with Crippen molar-refractivity contribution in [1.82, 2.24) is 9.29 Å². The van der Waals surface area contributed by atoms with Gasteiger partial charge in [-0.25, -0.2) is 13.4 Å². The van der Waals surface area contributed by atoms with Crippen LogP contribution in [0.2, 0.25) is 0 Å². The van der Waals surface area contributed by atoms with Crippen LogP contribution in [0.3, 0.4) is 0 Å². The lowest BCUT2D eigenvalue weighted by Gasteiger charge is -2.32. The van der Waals surface area contributed by atoms with E-state index in [4.69, 9.17) is 5.26 Å². The van der Waals surface area contributed by atoms with Gasteiger partial charge in [0, 0.05) is 19.3 Å². The summed E-state index contributed by atoms with van der Waals surface area (Å²) in [5, 5.41) is 8.70. The minimum Gasteiger partial charge on any atom is -0.244 e. The minimum absolute atomic E-state index is 0.0619. The molecule has 108 valence electrons. The fourth-order valence-electron chi connectivity index (χ4n) is 2.57. The molecule has 0 bridgehead atoms. The summed E-state index contributed by atoms with van der Waals surface area (Å²) in [4.78, 5) is 3.99. The first-order valence-corrected chi connectivity index (χ1v) is 8.23. The van der Waals surface area contributed by atoms with E-state index >= 15 is 0 Å². The van der Waals surface area contributed by atoms with Crippen molar-refractivity contribution in [2.24, 2.45) is 5.92 Å². The molecular formula is C14H19N3O2S. The van der Waals surface area contributed by atoms with Crippen molar-refractivity contribution in [3.05, 3.63) is 24.0 Å². The summed E-state index contributed by atoms with van der Waals surface area (Å²) in [5.74, 6) is 0.680. The second kappa shape index (κ2) is 5.90. The highest BCUT2D eigenvalue weighted by Gasteiger charge is 2.30.